The molecule has 0 fully saturated rings. The number of rotatable bonds is 2. The number of hydrogen-bond acceptors (Lipinski definition) is 3. The fourth-order valence-corrected chi connectivity index (χ4v) is 2.71. The maximum absolute atomic E-state index is 12.4. The van der Waals surface area contributed by atoms with E-state index in [4.69, 9.17) is 5.21 Å². The molecule has 0 atom stereocenters. The number of nitrogens with one attached hydrogen (secondary N) is 1. The first-order chi connectivity index (χ1) is 9.22. The van der Waals surface area contributed by atoms with Crippen molar-refractivity contribution in [3.05, 3.63) is 57.3 Å². The van der Waals surface area contributed by atoms with Gasteiger partial charge in [0.1, 0.15) is 0 Å². The van der Waals surface area contributed by atoms with E-state index >= 15 is 0 Å². The van der Waals surface area contributed by atoms with E-state index in [0.717, 1.165) is 20.8 Å². The summed E-state index contributed by atoms with van der Waals surface area (Å²) in [5.74, 6) is 0. The highest BCUT2D eigenvalue weighted by Gasteiger charge is 2.10. The Morgan fingerprint density at radius 1 is 1.11 bits per heavy atom. The Labute approximate surface area is 117 Å². The topological polar surface area (TPSA) is 54.3 Å². The van der Waals surface area contributed by atoms with Gasteiger partial charge in [-0.05, 0) is 29.7 Å². The van der Waals surface area contributed by atoms with Crippen LogP contribution in [-0.2, 0) is 6.67 Å². The summed E-state index contributed by atoms with van der Waals surface area (Å²) in [5, 5.41) is 11.4. The van der Waals surface area contributed by atoms with Crippen molar-refractivity contribution in [2.75, 3.05) is 0 Å². The first kappa shape index (κ1) is 12.3. The minimum absolute atomic E-state index is 0.0573. The van der Waals surface area contributed by atoms with Crippen LogP contribution in [0.5, 0.6) is 0 Å². The summed E-state index contributed by atoms with van der Waals surface area (Å²) in [4.78, 5) is 12.4. The Bertz CT molecular complexity index is 827. The minimum atomic E-state index is -0.119. The lowest BCUT2D eigenvalue weighted by molar-refractivity contribution is 0.139. The molecule has 19 heavy (non-hydrogen) atoms. The Morgan fingerprint density at radius 2 is 1.84 bits per heavy atom. The number of fused-ring (bicyclic) bond motifs is 3. The van der Waals surface area contributed by atoms with Gasteiger partial charge in [-0.3, -0.25) is 9.36 Å². The lowest BCUT2D eigenvalue weighted by atomic mass is 10.1. The van der Waals surface area contributed by atoms with Crippen molar-refractivity contribution < 1.29 is 5.21 Å². The zero-order valence-corrected chi connectivity index (χ0v) is 11.5. The average molecular weight is 319 g/mol. The van der Waals surface area contributed by atoms with Gasteiger partial charge in [0.15, 0.2) is 0 Å². The van der Waals surface area contributed by atoms with E-state index in [1.165, 1.54) is 4.57 Å². The van der Waals surface area contributed by atoms with Crippen LogP contribution >= 0.6 is 15.9 Å². The van der Waals surface area contributed by atoms with E-state index in [-0.39, 0.29) is 12.2 Å². The molecule has 0 aliphatic heterocycles. The van der Waals surface area contributed by atoms with Crippen LogP contribution in [0.4, 0.5) is 0 Å². The Balaban J connectivity index is 2.58. The van der Waals surface area contributed by atoms with Crippen molar-refractivity contribution in [3.63, 3.8) is 0 Å². The highest BCUT2D eigenvalue weighted by Crippen LogP contribution is 2.25. The molecule has 1 aromatic heterocycles. The molecule has 2 aromatic carbocycles. The second-order valence-corrected chi connectivity index (χ2v) is 5.17. The van der Waals surface area contributed by atoms with Crippen molar-refractivity contribution in [2.24, 2.45) is 0 Å². The van der Waals surface area contributed by atoms with E-state index < -0.39 is 0 Å². The Morgan fingerprint density at radius 3 is 2.58 bits per heavy atom. The maximum Gasteiger partial charge on any atom is 0.260 e. The molecule has 0 spiro atoms. The predicted octanol–water partition coefficient (Wildman–Crippen LogP) is 2.85. The largest absolute Gasteiger partial charge is 0.315 e. The normalized spacial score (nSPS) is 11.3. The van der Waals surface area contributed by atoms with Gasteiger partial charge in [-0.25, -0.2) is 0 Å². The molecular weight excluding hydrogens is 308 g/mol. The van der Waals surface area contributed by atoms with Crippen LogP contribution in [0.2, 0.25) is 0 Å². The monoisotopic (exact) mass is 318 g/mol. The molecule has 0 amide bonds. The van der Waals surface area contributed by atoms with E-state index in [1.807, 2.05) is 41.9 Å². The molecule has 1 heterocycles. The molecule has 3 rings (SSSR count). The Hall–Kier alpha value is -1.69. The third-order valence-corrected chi connectivity index (χ3v) is 3.66. The van der Waals surface area contributed by atoms with Gasteiger partial charge >= 0.3 is 0 Å². The molecule has 96 valence electrons. The molecule has 5 heteroatoms. The summed E-state index contributed by atoms with van der Waals surface area (Å²) >= 11 is 3.45. The van der Waals surface area contributed by atoms with Gasteiger partial charge in [-0.15, -0.1) is 0 Å². The molecule has 4 nitrogen and oxygen atoms in total. The van der Waals surface area contributed by atoms with Crippen LogP contribution in [0.1, 0.15) is 0 Å². The lowest BCUT2D eigenvalue weighted by Crippen LogP contribution is -2.27. The molecule has 0 aliphatic carbocycles. The highest BCUT2D eigenvalue weighted by molar-refractivity contribution is 9.10. The molecule has 0 radical (unpaired) electrons. The zero-order chi connectivity index (χ0) is 13.4. The van der Waals surface area contributed by atoms with Gasteiger partial charge in [0, 0.05) is 15.2 Å². The van der Waals surface area contributed by atoms with Crippen molar-refractivity contribution in [1.82, 2.24) is 10.0 Å². The smallest absolute Gasteiger partial charge is 0.260 e. The third-order valence-electron chi connectivity index (χ3n) is 3.17. The lowest BCUT2D eigenvalue weighted by Gasteiger charge is -2.12. The fraction of sp³-hybridized carbons (Fsp3) is 0.0714. The molecule has 2 N–H and O–H groups in total. The van der Waals surface area contributed by atoms with E-state index in [0.29, 0.717) is 5.39 Å². The number of halogens is 1. The molecule has 0 unspecified atom stereocenters. The standard InChI is InChI=1S/C14H11BrN2O2/c15-9-5-6-13-12(7-9)10-3-1-2-4-11(10)14(18)17(13)8-16-19/h1-7,16,19H,8H2. The molecule has 0 aliphatic rings. The molecule has 0 bridgehead atoms. The summed E-state index contributed by atoms with van der Waals surface area (Å²) in [6, 6.07) is 13.2. The quantitative estimate of drug-likeness (QED) is 0.564. The second-order valence-electron chi connectivity index (χ2n) is 4.26. The fourth-order valence-electron chi connectivity index (χ4n) is 2.35. The van der Waals surface area contributed by atoms with E-state index in [1.54, 1.807) is 6.07 Å². The Kier molecular flexibility index (Phi) is 3.10. The number of hydroxylamine groups is 1. The first-order valence-corrected chi connectivity index (χ1v) is 6.59. The van der Waals surface area contributed by atoms with Gasteiger partial charge in [0.2, 0.25) is 0 Å². The zero-order valence-electron chi connectivity index (χ0n) is 9.93. The van der Waals surface area contributed by atoms with Crippen molar-refractivity contribution in [2.45, 2.75) is 6.67 Å². The van der Waals surface area contributed by atoms with Crippen LogP contribution in [0.25, 0.3) is 21.7 Å². The minimum Gasteiger partial charge on any atom is -0.315 e. The second kappa shape index (κ2) is 4.77. The number of nitrogens with zero attached hydrogens (tertiary/aromatic N) is 1. The number of pyridine rings is 1. The van der Waals surface area contributed by atoms with E-state index in [9.17, 15) is 4.79 Å². The van der Waals surface area contributed by atoms with Gasteiger partial charge in [-0.2, -0.15) is 5.48 Å². The molecule has 0 saturated heterocycles. The van der Waals surface area contributed by atoms with Gasteiger partial charge in [0.25, 0.3) is 5.56 Å². The summed E-state index contributed by atoms with van der Waals surface area (Å²) in [6.45, 7) is 0.0573. The van der Waals surface area contributed by atoms with Crippen molar-refractivity contribution >= 4 is 37.6 Å². The van der Waals surface area contributed by atoms with Crippen LogP contribution in [0.3, 0.4) is 0 Å². The summed E-state index contributed by atoms with van der Waals surface area (Å²) in [7, 11) is 0. The molecular formula is C14H11BrN2O2. The number of hydrogen-bond donors (Lipinski definition) is 2. The van der Waals surface area contributed by atoms with Crippen molar-refractivity contribution in [3.8, 4) is 0 Å². The summed E-state index contributed by atoms with van der Waals surface area (Å²) in [6.07, 6.45) is 0. The highest BCUT2D eigenvalue weighted by atomic mass is 79.9. The van der Waals surface area contributed by atoms with E-state index in [2.05, 4.69) is 15.9 Å². The molecule has 0 saturated carbocycles. The van der Waals surface area contributed by atoms with Gasteiger partial charge < -0.3 is 5.21 Å². The average Bonchev–Trinajstić information content (AvgIpc) is 2.44. The van der Waals surface area contributed by atoms with Gasteiger partial charge in [-0.1, -0.05) is 34.1 Å². The van der Waals surface area contributed by atoms with Crippen LogP contribution in [0, 0.1) is 0 Å². The maximum atomic E-state index is 12.4. The summed E-state index contributed by atoms with van der Waals surface area (Å²) < 4.78 is 2.47. The first-order valence-electron chi connectivity index (χ1n) is 5.80. The molecule has 3 aromatic rings. The van der Waals surface area contributed by atoms with Crippen molar-refractivity contribution in [1.29, 1.82) is 0 Å². The SMILES string of the molecule is O=c1c2ccccc2c2cc(Br)ccc2n1CNO. The van der Waals surface area contributed by atoms with Crippen LogP contribution in [-0.4, -0.2) is 9.77 Å². The predicted molar refractivity (Wildman–Crippen MR) is 78.3 cm³/mol. The number of aromatic nitrogens is 1. The third kappa shape index (κ3) is 1.96. The summed E-state index contributed by atoms with van der Waals surface area (Å²) in [5.41, 5.74) is 2.71. The number of benzene rings is 2. The van der Waals surface area contributed by atoms with Crippen LogP contribution < -0.4 is 11.0 Å². The van der Waals surface area contributed by atoms with Gasteiger partial charge in [0.05, 0.1) is 12.2 Å². The van der Waals surface area contributed by atoms with Crippen LogP contribution in [0.15, 0.2) is 51.7 Å².